The average molecular weight is 334 g/mol. The van der Waals surface area contributed by atoms with Crippen LogP contribution in [0.3, 0.4) is 0 Å². The summed E-state index contributed by atoms with van der Waals surface area (Å²) in [4.78, 5) is 18.2. The van der Waals surface area contributed by atoms with E-state index in [1.165, 1.54) is 0 Å². The molecule has 0 spiro atoms. The Bertz CT molecular complexity index is 616. The molecule has 0 saturated carbocycles. The van der Waals surface area contributed by atoms with Crippen LogP contribution in [0.4, 0.5) is 5.69 Å². The van der Waals surface area contributed by atoms with Crippen molar-refractivity contribution in [3.63, 3.8) is 0 Å². The molecular formula is C15H16BrN3O. The lowest BCUT2D eigenvalue weighted by Crippen LogP contribution is -2.30. The topological polar surface area (TPSA) is 59.2 Å². The first kappa shape index (κ1) is 14.5. The van der Waals surface area contributed by atoms with Gasteiger partial charge in [0, 0.05) is 29.6 Å². The molecule has 0 aliphatic carbocycles. The van der Waals surface area contributed by atoms with Gasteiger partial charge in [-0.25, -0.2) is 0 Å². The number of amides is 1. The second-order valence-corrected chi connectivity index (χ2v) is 5.47. The zero-order valence-electron chi connectivity index (χ0n) is 11.4. The molecule has 2 aromatic rings. The number of pyridine rings is 1. The highest BCUT2D eigenvalue weighted by Crippen LogP contribution is 2.25. The normalized spacial score (nSPS) is 11.9. The summed E-state index contributed by atoms with van der Waals surface area (Å²) >= 11 is 3.39. The summed E-state index contributed by atoms with van der Waals surface area (Å²) in [5.41, 5.74) is 7.92. The molecule has 0 radical (unpaired) electrons. The van der Waals surface area contributed by atoms with Crippen molar-refractivity contribution in [2.75, 3.05) is 12.8 Å². The van der Waals surface area contributed by atoms with E-state index < -0.39 is 0 Å². The Hall–Kier alpha value is -1.88. The van der Waals surface area contributed by atoms with Gasteiger partial charge in [0.2, 0.25) is 0 Å². The van der Waals surface area contributed by atoms with Gasteiger partial charge in [-0.15, -0.1) is 0 Å². The van der Waals surface area contributed by atoms with Gasteiger partial charge >= 0.3 is 0 Å². The zero-order chi connectivity index (χ0) is 14.7. The van der Waals surface area contributed by atoms with Crippen LogP contribution >= 0.6 is 15.9 Å². The van der Waals surface area contributed by atoms with Crippen molar-refractivity contribution in [3.8, 4) is 0 Å². The first-order valence-corrected chi connectivity index (χ1v) is 7.02. The van der Waals surface area contributed by atoms with Crippen molar-refractivity contribution in [1.82, 2.24) is 9.88 Å². The van der Waals surface area contributed by atoms with Crippen molar-refractivity contribution >= 4 is 27.5 Å². The van der Waals surface area contributed by atoms with Crippen LogP contribution in [-0.2, 0) is 0 Å². The number of hydrogen-bond acceptors (Lipinski definition) is 3. The summed E-state index contributed by atoms with van der Waals surface area (Å²) < 4.78 is 0.741. The Morgan fingerprint density at radius 2 is 1.95 bits per heavy atom. The lowest BCUT2D eigenvalue weighted by molar-refractivity contribution is 0.0741. The molecule has 1 heterocycles. The second-order valence-electron chi connectivity index (χ2n) is 4.61. The largest absolute Gasteiger partial charge is 0.399 e. The fraction of sp³-hybridized carbons (Fsp3) is 0.200. The molecule has 1 aromatic heterocycles. The highest BCUT2D eigenvalue weighted by atomic mass is 79.9. The number of rotatable bonds is 3. The van der Waals surface area contributed by atoms with E-state index in [0.717, 1.165) is 10.0 Å². The number of hydrogen-bond donors (Lipinski definition) is 1. The van der Waals surface area contributed by atoms with Gasteiger partial charge in [-0.3, -0.25) is 9.78 Å². The van der Waals surface area contributed by atoms with E-state index in [1.54, 1.807) is 42.5 Å². The molecule has 104 valence electrons. The number of aromatic nitrogens is 1. The molecule has 2 N–H and O–H groups in total. The van der Waals surface area contributed by atoms with Crippen molar-refractivity contribution in [1.29, 1.82) is 0 Å². The predicted molar refractivity (Wildman–Crippen MR) is 83.3 cm³/mol. The van der Waals surface area contributed by atoms with E-state index in [-0.39, 0.29) is 11.9 Å². The number of anilines is 1. The van der Waals surface area contributed by atoms with Crippen LogP contribution in [0.1, 0.15) is 28.9 Å². The molecule has 0 bridgehead atoms. The fourth-order valence-electron chi connectivity index (χ4n) is 1.94. The monoisotopic (exact) mass is 333 g/mol. The quantitative estimate of drug-likeness (QED) is 0.877. The maximum Gasteiger partial charge on any atom is 0.255 e. The Labute approximate surface area is 126 Å². The highest BCUT2D eigenvalue weighted by molar-refractivity contribution is 9.10. The van der Waals surface area contributed by atoms with Gasteiger partial charge in [0.1, 0.15) is 0 Å². The number of benzene rings is 1. The van der Waals surface area contributed by atoms with Crippen molar-refractivity contribution in [3.05, 3.63) is 58.3 Å². The summed E-state index contributed by atoms with van der Waals surface area (Å²) in [5, 5.41) is 0. The Morgan fingerprint density at radius 1 is 1.30 bits per heavy atom. The Balaban J connectivity index is 2.27. The van der Waals surface area contributed by atoms with E-state index in [1.807, 2.05) is 19.1 Å². The van der Waals surface area contributed by atoms with Crippen LogP contribution in [0.2, 0.25) is 0 Å². The third-order valence-electron chi connectivity index (χ3n) is 3.31. The number of carbonyl (C=O) groups is 1. The molecule has 1 unspecified atom stereocenters. The molecular weight excluding hydrogens is 318 g/mol. The summed E-state index contributed by atoms with van der Waals surface area (Å²) in [7, 11) is 1.78. The second kappa shape index (κ2) is 6.05. The van der Waals surface area contributed by atoms with E-state index in [0.29, 0.717) is 11.3 Å². The third-order valence-corrected chi connectivity index (χ3v) is 4.00. The SMILES string of the molecule is CC(c1ccncc1)N(C)C(=O)c1cc(N)ccc1Br. The van der Waals surface area contributed by atoms with Gasteiger partial charge in [-0.05, 0) is 58.7 Å². The van der Waals surface area contributed by atoms with E-state index in [4.69, 9.17) is 5.73 Å². The van der Waals surface area contributed by atoms with Crippen LogP contribution < -0.4 is 5.73 Å². The van der Waals surface area contributed by atoms with Crippen LogP contribution in [-0.4, -0.2) is 22.8 Å². The van der Waals surface area contributed by atoms with Gasteiger partial charge < -0.3 is 10.6 Å². The standard InChI is InChI=1S/C15H16BrN3O/c1-10(11-5-7-18-8-6-11)19(2)15(20)13-9-12(17)3-4-14(13)16/h3-10H,17H2,1-2H3. The fourth-order valence-corrected chi connectivity index (χ4v) is 2.35. The van der Waals surface area contributed by atoms with Gasteiger partial charge in [-0.1, -0.05) is 0 Å². The van der Waals surface area contributed by atoms with E-state index in [2.05, 4.69) is 20.9 Å². The maximum atomic E-state index is 12.6. The molecule has 0 aliphatic heterocycles. The summed E-state index contributed by atoms with van der Waals surface area (Å²) in [6, 6.07) is 8.99. The first-order valence-electron chi connectivity index (χ1n) is 6.23. The molecule has 0 fully saturated rings. The third kappa shape index (κ3) is 2.99. The number of nitrogens with zero attached hydrogens (tertiary/aromatic N) is 2. The van der Waals surface area contributed by atoms with Crippen molar-refractivity contribution < 1.29 is 4.79 Å². The minimum absolute atomic E-state index is 0.0427. The van der Waals surface area contributed by atoms with Crippen LogP contribution in [0.5, 0.6) is 0 Å². The van der Waals surface area contributed by atoms with Gasteiger partial charge in [0.15, 0.2) is 0 Å². The van der Waals surface area contributed by atoms with Crippen LogP contribution in [0.15, 0.2) is 47.2 Å². The smallest absolute Gasteiger partial charge is 0.255 e. The number of halogens is 1. The number of nitrogen functional groups attached to an aromatic ring is 1. The number of nitrogens with two attached hydrogens (primary N) is 1. The molecule has 1 aromatic carbocycles. The average Bonchev–Trinajstić information content (AvgIpc) is 2.48. The van der Waals surface area contributed by atoms with Crippen molar-refractivity contribution in [2.24, 2.45) is 0 Å². The van der Waals surface area contributed by atoms with E-state index >= 15 is 0 Å². The van der Waals surface area contributed by atoms with Gasteiger partial charge in [-0.2, -0.15) is 0 Å². The summed E-state index contributed by atoms with van der Waals surface area (Å²) in [5.74, 6) is -0.0755. The molecule has 0 saturated heterocycles. The highest BCUT2D eigenvalue weighted by Gasteiger charge is 2.20. The summed E-state index contributed by atoms with van der Waals surface area (Å²) in [6.45, 7) is 1.98. The molecule has 4 nitrogen and oxygen atoms in total. The molecule has 2 rings (SSSR count). The van der Waals surface area contributed by atoms with Gasteiger partial charge in [0.25, 0.3) is 5.91 Å². The molecule has 20 heavy (non-hydrogen) atoms. The molecule has 0 aliphatic rings. The van der Waals surface area contributed by atoms with Crippen LogP contribution in [0, 0.1) is 0 Å². The summed E-state index contributed by atoms with van der Waals surface area (Å²) in [6.07, 6.45) is 3.45. The maximum absolute atomic E-state index is 12.6. The van der Waals surface area contributed by atoms with E-state index in [9.17, 15) is 4.79 Å². The minimum Gasteiger partial charge on any atom is -0.399 e. The first-order chi connectivity index (χ1) is 9.50. The lowest BCUT2D eigenvalue weighted by atomic mass is 10.1. The van der Waals surface area contributed by atoms with Crippen molar-refractivity contribution in [2.45, 2.75) is 13.0 Å². The minimum atomic E-state index is -0.0755. The lowest BCUT2D eigenvalue weighted by Gasteiger charge is -2.25. The number of carbonyl (C=O) groups excluding carboxylic acids is 1. The Kier molecular flexibility index (Phi) is 4.39. The Morgan fingerprint density at radius 3 is 2.60 bits per heavy atom. The molecule has 1 atom stereocenters. The van der Waals surface area contributed by atoms with Crippen LogP contribution in [0.25, 0.3) is 0 Å². The van der Waals surface area contributed by atoms with Gasteiger partial charge in [0.05, 0.1) is 11.6 Å². The molecule has 5 heteroatoms. The molecule has 1 amide bonds. The predicted octanol–water partition coefficient (Wildman–Crippen LogP) is 3.26. The zero-order valence-corrected chi connectivity index (χ0v) is 13.0.